The zero-order valence-corrected chi connectivity index (χ0v) is 12.4. The van der Waals surface area contributed by atoms with E-state index >= 15 is 0 Å². The molecule has 0 aromatic carbocycles. The van der Waals surface area contributed by atoms with Crippen LogP contribution in [0.1, 0.15) is 49.0 Å². The van der Waals surface area contributed by atoms with Gasteiger partial charge in [-0.2, -0.15) is 0 Å². The Morgan fingerprint density at radius 1 is 1.40 bits per heavy atom. The fourth-order valence-electron chi connectivity index (χ4n) is 3.25. The van der Waals surface area contributed by atoms with Gasteiger partial charge >= 0.3 is 5.97 Å². The number of rotatable bonds is 2. The lowest BCUT2D eigenvalue weighted by molar-refractivity contribution is -0.143. The van der Waals surface area contributed by atoms with Crippen LogP contribution in [0.4, 0.5) is 0 Å². The summed E-state index contributed by atoms with van der Waals surface area (Å²) in [7, 11) is 1.42. The van der Waals surface area contributed by atoms with E-state index in [1.54, 1.807) is 0 Å². The number of aromatic nitrogens is 2. The van der Waals surface area contributed by atoms with Crippen LogP contribution in [0.2, 0.25) is 5.15 Å². The van der Waals surface area contributed by atoms with Crippen LogP contribution in [0, 0.1) is 0 Å². The number of hydrogen-bond acceptors (Lipinski definition) is 4. The number of fused-ring (bicyclic) bond motifs is 1. The minimum atomic E-state index is -0.276. The maximum Gasteiger partial charge on any atom is 0.314 e. The number of carbonyl (C=O) groups excluding carboxylic acids is 1. The summed E-state index contributed by atoms with van der Waals surface area (Å²) in [6.07, 6.45) is 3.67. The lowest BCUT2D eigenvalue weighted by atomic mass is 9.95. The van der Waals surface area contributed by atoms with E-state index in [2.05, 4.69) is 9.55 Å². The number of hydrogen-bond donors (Lipinski definition) is 0. The van der Waals surface area contributed by atoms with Gasteiger partial charge in [0.05, 0.1) is 12.8 Å². The summed E-state index contributed by atoms with van der Waals surface area (Å²) in [5, 5.41) is 0.460. The molecule has 0 radical (unpaired) electrons. The molecular formula is C14H19ClN2O3. The molecule has 3 rings (SSSR count). The Morgan fingerprint density at radius 2 is 2.15 bits per heavy atom. The van der Waals surface area contributed by atoms with Gasteiger partial charge in [0.2, 0.25) is 0 Å². The number of carbonyl (C=O) groups is 1. The van der Waals surface area contributed by atoms with Crippen LogP contribution in [-0.4, -0.2) is 35.8 Å². The van der Waals surface area contributed by atoms with Crippen molar-refractivity contribution < 1.29 is 14.3 Å². The van der Waals surface area contributed by atoms with E-state index < -0.39 is 0 Å². The van der Waals surface area contributed by atoms with E-state index in [0.717, 1.165) is 57.0 Å². The monoisotopic (exact) mass is 298 g/mol. The summed E-state index contributed by atoms with van der Waals surface area (Å²) >= 11 is 6.31. The number of nitrogens with zero attached hydrogens (tertiary/aromatic N) is 2. The van der Waals surface area contributed by atoms with Crippen molar-refractivity contribution in [3.8, 4) is 0 Å². The highest BCUT2D eigenvalue weighted by molar-refractivity contribution is 6.30. The molecule has 2 aliphatic rings. The zero-order valence-electron chi connectivity index (χ0n) is 11.6. The van der Waals surface area contributed by atoms with Crippen molar-refractivity contribution in [2.75, 3.05) is 20.3 Å². The average molecular weight is 299 g/mol. The molecule has 110 valence electrons. The summed E-state index contributed by atoms with van der Waals surface area (Å²) in [5.74, 6) is 0.905. The van der Waals surface area contributed by atoms with Gasteiger partial charge < -0.3 is 14.0 Å². The van der Waals surface area contributed by atoms with Gasteiger partial charge in [-0.3, -0.25) is 4.79 Å². The number of methoxy groups -OCH3 is 1. The summed E-state index contributed by atoms with van der Waals surface area (Å²) in [4.78, 5) is 16.5. The second-order valence-corrected chi connectivity index (χ2v) is 5.76. The fraction of sp³-hybridized carbons (Fsp3) is 0.714. The molecule has 2 aliphatic heterocycles. The molecule has 6 heteroatoms. The molecule has 1 unspecified atom stereocenters. The summed E-state index contributed by atoms with van der Waals surface area (Å²) in [5.41, 5.74) is 0.839. The molecule has 1 fully saturated rings. The normalized spacial score (nSPS) is 23.4. The first-order valence-electron chi connectivity index (χ1n) is 7.13. The first-order chi connectivity index (χ1) is 9.72. The van der Waals surface area contributed by atoms with Crippen LogP contribution < -0.4 is 0 Å². The molecule has 5 nitrogen and oxygen atoms in total. The van der Waals surface area contributed by atoms with Crippen LogP contribution in [0.25, 0.3) is 0 Å². The lowest BCUT2D eigenvalue weighted by Crippen LogP contribution is -2.26. The van der Waals surface area contributed by atoms with Gasteiger partial charge in [0.1, 0.15) is 11.7 Å². The van der Waals surface area contributed by atoms with Crippen molar-refractivity contribution in [2.45, 2.75) is 44.1 Å². The highest BCUT2D eigenvalue weighted by Gasteiger charge is 2.34. The molecule has 20 heavy (non-hydrogen) atoms. The summed E-state index contributed by atoms with van der Waals surface area (Å²) < 4.78 is 12.4. The predicted molar refractivity (Wildman–Crippen MR) is 74.0 cm³/mol. The van der Waals surface area contributed by atoms with Crippen molar-refractivity contribution >= 4 is 17.6 Å². The third-order valence-electron chi connectivity index (χ3n) is 4.27. The van der Waals surface area contributed by atoms with Crippen molar-refractivity contribution in [2.24, 2.45) is 0 Å². The van der Waals surface area contributed by atoms with Gasteiger partial charge in [0, 0.05) is 25.7 Å². The van der Waals surface area contributed by atoms with Crippen molar-refractivity contribution in [1.82, 2.24) is 9.55 Å². The molecule has 0 amide bonds. The van der Waals surface area contributed by atoms with Crippen molar-refractivity contribution in [3.63, 3.8) is 0 Å². The standard InChI is InChI=1S/C14H19ClN2O3/c1-19-14(18)10-3-2-6-17-11(10)12(15)16-13(17)9-4-7-20-8-5-9/h9-10H,2-8H2,1H3. The molecule has 0 saturated carbocycles. The third kappa shape index (κ3) is 2.33. The first-order valence-corrected chi connectivity index (χ1v) is 7.51. The molecule has 3 heterocycles. The first kappa shape index (κ1) is 13.9. The summed E-state index contributed by atoms with van der Waals surface area (Å²) in [6.45, 7) is 2.42. The molecule has 0 N–H and O–H groups in total. The largest absolute Gasteiger partial charge is 0.469 e. The lowest BCUT2D eigenvalue weighted by Gasteiger charge is -2.27. The van der Waals surface area contributed by atoms with E-state index in [1.807, 2.05) is 0 Å². The quantitative estimate of drug-likeness (QED) is 0.787. The van der Waals surface area contributed by atoms with Gasteiger partial charge in [0.25, 0.3) is 0 Å². The van der Waals surface area contributed by atoms with Crippen LogP contribution in [0.5, 0.6) is 0 Å². The Labute approximate surface area is 123 Å². The van der Waals surface area contributed by atoms with Crippen molar-refractivity contribution in [1.29, 1.82) is 0 Å². The highest BCUT2D eigenvalue weighted by Crippen LogP contribution is 2.38. The number of ether oxygens (including phenoxy) is 2. The van der Waals surface area contributed by atoms with Gasteiger partial charge in [0.15, 0.2) is 5.15 Å². The van der Waals surface area contributed by atoms with Crippen LogP contribution in [-0.2, 0) is 20.8 Å². The minimum Gasteiger partial charge on any atom is -0.469 e. The van der Waals surface area contributed by atoms with E-state index in [9.17, 15) is 4.79 Å². The Bertz CT molecular complexity index is 509. The molecule has 1 aromatic heterocycles. The number of esters is 1. The van der Waals surface area contributed by atoms with E-state index in [1.165, 1.54) is 7.11 Å². The fourth-order valence-corrected chi connectivity index (χ4v) is 3.57. The van der Waals surface area contributed by atoms with Crippen LogP contribution in [0.3, 0.4) is 0 Å². The average Bonchev–Trinajstić information content (AvgIpc) is 2.85. The smallest absolute Gasteiger partial charge is 0.314 e. The molecular weight excluding hydrogens is 280 g/mol. The van der Waals surface area contributed by atoms with Crippen LogP contribution in [0.15, 0.2) is 0 Å². The highest BCUT2D eigenvalue weighted by atomic mass is 35.5. The Morgan fingerprint density at radius 3 is 2.85 bits per heavy atom. The van der Waals surface area contributed by atoms with Gasteiger partial charge in [-0.15, -0.1) is 0 Å². The molecule has 0 aliphatic carbocycles. The molecule has 1 saturated heterocycles. The number of halogens is 1. The zero-order chi connectivity index (χ0) is 14.1. The van der Waals surface area contributed by atoms with Crippen molar-refractivity contribution in [3.05, 3.63) is 16.7 Å². The Hall–Kier alpha value is -1.07. The Balaban J connectivity index is 1.97. The van der Waals surface area contributed by atoms with Gasteiger partial charge in [-0.05, 0) is 25.7 Å². The SMILES string of the molecule is COC(=O)C1CCCn2c(C3CCOCC3)nc(Cl)c21. The Kier molecular flexibility index (Phi) is 3.98. The minimum absolute atomic E-state index is 0.216. The van der Waals surface area contributed by atoms with E-state index in [-0.39, 0.29) is 11.9 Å². The maximum atomic E-state index is 11.9. The molecule has 0 bridgehead atoms. The van der Waals surface area contributed by atoms with E-state index in [4.69, 9.17) is 21.1 Å². The maximum absolute atomic E-state index is 11.9. The topological polar surface area (TPSA) is 53.4 Å². The summed E-state index contributed by atoms with van der Waals surface area (Å²) in [6, 6.07) is 0. The molecule has 1 atom stereocenters. The molecule has 0 spiro atoms. The third-order valence-corrected chi connectivity index (χ3v) is 4.55. The second-order valence-electron chi connectivity index (χ2n) is 5.40. The van der Waals surface area contributed by atoms with E-state index in [0.29, 0.717) is 11.1 Å². The second kappa shape index (κ2) is 5.74. The van der Waals surface area contributed by atoms with Crippen LogP contribution >= 0.6 is 11.6 Å². The predicted octanol–water partition coefficient (Wildman–Crippen LogP) is 2.48. The van der Waals surface area contributed by atoms with Gasteiger partial charge in [-0.25, -0.2) is 4.98 Å². The number of imidazole rings is 1. The molecule has 1 aromatic rings. The van der Waals surface area contributed by atoms with Gasteiger partial charge in [-0.1, -0.05) is 11.6 Å².